The number of ether oxygens (including phenoxy) is 1. The van der Waals surface area contributed by atoms with Gasteiger partial charge in [-0.25, -0.2) is 4.79 Å². The van der Waals surface area contributed by atoms with E-state index in [0.29, 0.717) is 12.3 Å². The third-order valence-electron chi connectivity index (χ3n) is 4.28. The highest BCUT2D eigenvalue weighted by Gasteiger charge is 2.49. The van der Waals surface area contributed by atoms with E-state index in [0.717, 1.165) is 6.42 Å². The highest BCUT2D eigenvalue weighted by Crippen LogP contribution is 2.53. The molecule has 0 aromatic heterocycles. The molecule has 2 atom stereocenters. The van der Waals surface area contributed by atoms with E-state index in [1.807, 2.05) is 0 Å². The molecule has 0 radical (unpaired) electrons. The summed E-state index contributed by atoms with van der Waals surface area (Å²) in [5.74, 6) is -0.241. The van der Waals surface area contributed by atoms with Crippen LogP contribution in [0.3, 0.4) is 0 Å². The van der Waals surface area contributed by atoms with Gasteiger partial charge in [-0.1, -0.05) is 19.9 Å². The number of Topliss-reactive ketones (excluding diaryl/α,β-unsaturated/α-hetero) is 1. The molecule has 5 nitrogen and oxygen atoms in total. The molecular weight excluding hydrogens is 258 g/mol. The highest BCUT2D eigenvalue weighted by atomic mass is 16.5. The highest BCUT2D eigenvalue weighted by molar-refractivity contribution is 5.93. The van der Waals surface area contributed by atoms with Crippen molar-refractivity contribution in [2.45, 2.75) is 40.5 Å². The molecule has 0 spiro atoms. The number of methoxy groups -OCH3 is 1. The second kappa shape index (κ2) is 6.20. The van der Waals surface area contributed by atoms with Crippen LogP contribution in [0.25, 0.3) is 0 Å². The summed E-state index contributed by atoms with van der Waals surface area (Å²) in [6.45, 7) is 7.10. The summed E-state index contributed by atoms with van der Waals surface area (Å²) in [6, 6.07) is 0. The molecule has 1 aliphatic carbocycles. The van der Waals surface area contributed by atoms with Crippen molar-refractivity contribution in [3.05, 3.63) is 11.8 Å². The second-order valence-corrected chi connectivity index (χ2v) is 5.94. The van der Waals surface area contributed by atoms with E-state index in [1.165, 1.54) is 14.0 Å². The molecule has 0 aromatic carbocycles. The van der Waals surface area contributed by atoms with Crippen LogP contribution in [0.4, 0.5) is 0 Å². The standard InChI is InChI=1S/C15H23NO4/c1-9(17)12-8-11(15(12,3)4)6-7-13(14(19)20-5)16-10(2)18/h7,11-12H,6,8H2,1-5H3,(H,16,18)/b13-7-/t11-,12-/m0/s1. The van der Waals surface area contributed by atoms with E-state index in [4.69, 9.17) is 0 Å². The average Bonchev–Trinajstić information content (AvgIpc) is 2.34. The first-order valence-electron chi connectivity index (χ1n) is 6.76. The van der Waals surface area contributed by atoms with E-state index in [-0.39, 0.29) is 28.7 Å². The molecule has 112 valence electrons. The van der Waals surface area contributed by atoms with Crippen LogP contribution in [0, 0.1) is 17.3 Å². The number of carbonyl (C=O) groups is 3. The Bertz CT molecular complexity index is 451. The molecule has 0 aliphatic heterocycles. The molecule has 0 saturated heterocycles. The number of hydrogen-bond acceptors (Lipinski definition) is 4. The van der Waals surface area contributed by atoms with Gasteiger partial charge in [-0.05, 0) is 31.1 Å². The van der Waals surface area contributed by atoms with Crippen molar-refractivity contribution in [3.63, 3.8) is 0 Å². The van der Waals surface area contributed by atoms with Crippen molar-refractivity contribution in [1.29, 1.82) is 0 Å². The minimum atomic E-state index is -0.555. The molecule has 1 amide bonds. The number of nitrogens with one attached hydrogen (secondary N) is 1. The predicted molar refractivity (Wildman–Crippen MR) is 74.6 cm³/mol. The minimum Gasteiger partial charge on any atom is -0.464 e. The van der Waals surface area contributed by atoms with Crippen LogP contribution >= 0.6 is 0 Å². The summed E-state index contributed by atoms with van der Waals surface area (Å²) < 4.78 is 4.63. The molecular formula is C15H23NO4. The Morgan fingerprint density at radius 3 is 2.30 bits per heavy atom. The Morgan fingerprint density at radius 1 is 1.30 bits per heavy atom. The van der Waals surface area contributed by atoms with E-state index >= 15 is 0 Å². The molecule has 1 saturated carbocycles. The maximum absolute atomic E-state index is 11.5. The second-order valence-electron chi connectivity index (χ2n) is 5.94. The largest absolute Gasteiger partial charge is 0.464 e. The maximum Gasteiger partial charge on any atom is 0.354 e. The number of esters is 1. The van der Waals surface area contributed by atoms with Crippen LogP contribution in [0.2, 0.25) is 0 Å². The Morgan fingerprint density at radius 2 is 1.90 bits per heavy atom. The first-order chi connectivity index (χ1) is 9.20. The van der Waals surface area contributed by atoms with Gasteiger partial charge in [-0.2, -0.15) is 0 Å². The first kappa shape index (κ1) is 16.4. The summed E-state index contributed by atoms with van der Waals surface area (Å²) >= 11 is 0. The predicted octanol–water partition coefficient (Wildman–Crippen LogP) is 1.82. The molecule has 0 aromatic rings. The summed E-state index contributed by atoms with van der Waals surface area (Å²) in [5.41, 5.74) is 0.0989. The van der Waals surface area contributed by atoms with Gasteiger partial charge in [0.1, 0.15) is 11.5 Å². The molecule has 0 unspecified atom stereocenters. The van der Waals surface area contributed by atoms with Crippen molar-refractivity contribution in [3.8, 4) is 0 Å². The number of ketones is 1. The van der Waals surface area contributed by atoms with Crippen LogP contribution in [-0.2, 0) is 19.1 Å². The number of allylic oxidation sites excluding steroid dienone is 1. The maximum atomic E-state index is 11.5. The molecule has 0 bridgehead atoms. The van der Waals surface area contributed by atoms with Crippen LogP contribution in [0.1, 0.15) is 40.5 Å². The number of carbonyl (C=O) groups excluding carboxylic acids is 3. The summed E-state index contributed by atoms with van der Waals surface area (Å²) in [6.07, 6.45) is 3.16. The average molecular weight is 281 g/mol. The van der Waals surface area contributed by atoms with Crippen molar-refractivity contribution in [2.75, 3.05) is 7.11 Å². The van der Waals surface area contributed by atoms with Gasteiger partial charge in [-0.15, -0.1) is 0 Å². The molecule has 1 N–H and O–H groups in total. The molecule has 20 heavy (non-hydrogen) atoms. The summed E-state index contributed by atoms with van der Waals surface area (Å²) in [4.78, 5) is 34.1. The van der Waals surface area contributed by atoms with Gasteiger partial charge < -0.3 is 10.1 Å². The van der Waals surface area contributed by atoms with Crippen molar-refractivity contribution < 1.29 is 19.1 Å². The molecule has 1 fully saturated rings. The third kappa shape index (κ3) is 3.46. The Hall–Kier alpha value is -1.65. The first-order valence-corrected chi connectivity index (χ1v) is 6.76. The Labute approximate surface area is 119 Å². The van der Waals surface area contributed by atoms with E-state index in [2.05, 4.69) is 23.9 Å². The summed E-state index contributed by atoms with van der Waals surface area (Å²) in [7, 11) is 1.27. The van der Waals surface area contributed by atoms with Crippen LogP contribution < -0.4 is 5.32 Å². The smallest absolute Gasteiger partial charge is 0.354 e. The Balaban J connectivity index is 2.72. The van der Waals surface area contributed by atoms with Crippen LogP contribution in [-0.4, -0.2) is 24.8 Å². The monoisotopic (exact) mass is 281 g/mol. The fourth-order valence-corrected chi connectivity index (χ4v) is 2.85. The number of amides is 1. The molecule has 1 rings (SSSR count). The number of rotatable bonds is 5. The molecule has 0 heterocycles. The van der Waals surface area contributed by atoms with Gasteiger partial charge >= 0.3 is 5.97 Å². The quantitative estimate of drug-likeness (QED) is 0.616. The zero-order chi connectivity index (χ0) is 15.5. The SMILES string of the molecule is COC(=O)/C(=C/C[C@H]1C[C@@H](C(C)=O)C1(C)C)NC(C)=O. The van der Waals surface area contributed by atoms with Crippen LogP contribution in [0.15, 0.2) is 11.8 Å². The Kier molecular flexibility index (Phi) is 5.09. The van der Waals surface area contributed by atoms with E-state index in [9.17, 15) is 14.4 Å². The lowest BCUT2D eigenvalue weighted by Crippen LogP contribution is -2.48. The van der Waals surface area contributed by atoms with Crippen molar-refractivity contribution in [1.82, 2.24) is 5.32 Å². The van der Waals surface area contributed by atoms with Gasteiger partial charge in [0.05, 0.1) is 7.11 Å². The minimum absolute atomic E-state index is 0.0697. The summed E-state index contributed by atoms with van der Waals surface area (Å²) in [5, 5.41) is 2.48. The van der Waals surface area contributed by atoms with Gasteiger partial charge in [0, 0.05) is 12.8 Å². The van der Waals surface area contributed by atoms with Gasteiger partial charge in [0.2, 0.25) is 5.91 Å². The lowest BCUT2D eigenvalue weighted by molar-refractivity contribution is -0.138. The van der Waals surface area contributed by atoms with Gasteiger partial charge in [0.15, 0.2) is 0 Å². The zero-order valence-corrected chi connectivity index (χ0v) is 12.8. The molecule has 1 aliphatic rings. The lowest BCUT2D eigenvalue weighted by atomic mass is 9.53. The topological polar surface area (TPSA) is 72.5 Å². The van der Waals surface area contributed by atoms with Crippen LogP contribution in [0.5, 0.6) is 0 Å². The molecule has 5 heteroatoms. The van der Waals surface area contributed by atoms with Crippen molar-refractivity contribution in [2.24, 2.45) is 17.3 Å². The van der Waals surface area contributed by atoms with Gasteiger partial charge in [-0.3, -0.25) is 9.59 Å². The zero-order valence-electron chi connectivity index (χ0n) is 12.8. The normalized spacial score (nSPS) is 24.6. The van der Waals surface area contributed by atoms with E-state index < -0.39 is 5.97 Å². The fraction of sp³-hybridized carbons (Fsp3) is 0.667. The van der Waals surface area contributed by atoms with E-state index in [1.54, 1.807) is 13.0 Å². The van der Waals surface area contributed by atoms with Gasteiger partial charge in [0.25, 0.3) is 0 Å². The third-order valence-corrected chi connectivity index (χ3v) is 4.28. The lowest BCUT2D eigenvalue weighted by Gasteiger charge is -2.51. The fourth-order valence-electron chi connectivity index (χ4n) is 2.85. The number of hydrogen-bond donors (Lipinski definition) is 1. The van der Waals surface area contributed by atoms with Crippen molar-refractivity contribution >= 4 is 17.7 Å².